The van der Waals surface area contributed by atoms with Crippen LogP contribution in [0.5, 0.6) is 0 Å². The molecule has 0 atom stereocenters. The normalized spacial score (nSPS) is 13.8. The van der Waals surface area contributed by atoms with E-state index in [0.29, 0.717) is 25.3 Å². The lowest BCUT2D eigenvalue weighted by Crippen LogP contribution is -2.27. The van der Waals surface area contributed by atoms with Crippen molar-refractivity contribution < 1.29 is 4.74 Å². The molecule has 1 aliphatic rings. The number of hydrogen-bond donors (Lipinski definition) is 2. The monoisotopic (exact) mass is 266 g/mol. The van der Waals surface area contributed by atoms with Gasteiger partial charge in [-0.15, -0.1) is 0 Å². The van der Waals surface area contributed by atoms with Crippen molar-refractivity contribution in [2.24, 2.45) is 0 Å². The third-order valence-electron chi connectivity index (χ3n) is 2.93. The van der Waals surface area contributed by atoms with Gasteiger partial charge in [0, 0.05) is 25.8 Å². The first-order valence-corrected chi connectivity index (χ1v) is 6.20. The van der Waals surface area contributed by atoms with E-state index >= 15 is 0 Å². The number of nitrogens with zero attached hydrogens (tertiary/aromatic N) is 2. The number of methoxy groups -OCH3 is 1. The van der Waals surface area contributed by atoms with Gasteiger partial charge in [0.2, 0.25) is 0 Å². The van der Waals surface area contributed by atoms with E-state index in [1.165, 1.54) is 0 Å². The van der Waals surface area contributed by atoms with E-state index in [1.54, 1.807) is 7.11 Å². The summed E-state index contributed by atoms with van der Waals surface area (Å²) in [5.41, 5.74) is 2.56. The van der Waals surface area contributed by atoms with Crippen molar-refractivity contribution in [2.45, 2.75) is 13.0 Å². The summed E-state index contributed by atoms with van der Waals surface area (Å²) in [6, 6.07) is 2.14. The number of aromatic nitrogens is 1. The number of pyridine rings is 1. The third kappa shape index (κ3) is 2.56. The molecule has 0 bridgehead atoms. The van der Waals surface area contributed by atoms with Crippen LogP contribution in [0.3, 0.4) is 0 Å². The Balaban J connectivity index is 2.35. The lowest BCUT2D eigenvalue weighted by molar-refractivity contribution is 0.210. The lowest BCUT2D eigenvalue weighted by Gasteiger charge is -2.22. The van der Waals surface area contributed by atoms with E-state index in [9.17, 15) is 0 Å². The lowest BCUT2D eigenvalue weighted by atomic mass is 9.98. The molecule has 0 saturated carbocycles. The van der Waals surface area contributed by atoms with Crippen molar-refractivity contribution in [3.63, 3.8) is 0 Å². The fraction of sp³-hybridized carbons (Fsp3) is 0.500. The van der Waals surface area contributed by atoms with E-state index in [1.807, 2.05) is 0 Å². The Morgan fingerprint density at radius 1 is 1.56 bits per heavy atom. The number of nitrogens with one attached hydrogen (secondary N) is 2. The Hall–Kier alpha value is -1.35. The number of anilines is 1. The van der Waals surface area contributed by atoms with Crippen molar-refractivity contribution >= 4 is 17.4 Å². The Morgan fingerprint density at radius 3 is 3.11 bits per heavy atom. The van der Waals surface area contributed by atoms with E-state index in [-0.39, 0.29) is 5.15 Å². The topological polar surface area (TPSA) is 70.0 Å². The van der Waals surface area contributed by atoms with Crippen LogP contribution in [0.4, 0.5) is 5.82 Å². The van der Waals surface area contributed by atoms with Gasteiger partial charge >= 0.3 is 0 Å². The van der Waals surface area contributed by atoms with Gasteiger partial charge in [-0.25, -0.2) is 4.98 Å². The standard InChI is InChI=1S/C12H15ClN4O/c1-18-5-4-16-12-10-7-15-3-2-8(10)9(6-14)11(13)17-12/h15H,2-5,7H2,1H3,(H,16,17). The third-order valence-corrected chi connectivity index (χ3v) is 3.21. The molecule has 2 heterocycles. The van der Waals surface area contributed by atoms with Crippen LogP contribution in [0.1, 0.15) is 16.7 Å². The summed E-state index contributed by atoms with van der Waals surface area (Å²) in [6.45, 7) is 2.84. The zero-order valence-electron chi connectivity index (χ0n) is 10.2. The van der Waals surface area contributed by atoms with E-state index in [4.69, 9.17) is 21.6 Å². The molecule has 96 valence electrons. The maximum Gasteiger partial charge on any atom is 0.149 e. The maximum absolute atomic E-state index is 9.14. The quantitative estimate of drug-likeness (QED) is 0.635. The molecule has 1 aromatic heterocycles. The van der Waals surface area contributed by atoms with Crippen LogP contribution in [-0.2, 0) is 17.7 Å². The average Bonchev–Trinajstić information content (AvgIpc) is 2.39. The van der Waals surface area contributed by atoms with Crippen LogP contribution in [0.25, 0.3) is 0 Å². The number of halogens is 1. The fourth-order valence-electron chi connectivity index (χ4n) is 2.06. The molecule has 0 aliphatic carbocycles. The summed E-state index contributed by atoms with van der Waals surface area (Å²) in [5, 5.41) is 15.9. The minimum atomic E-state index is 0.276. The van der Waals surface area contributed by atoms with Crippen molar-refractivity contribution in [1.82, 2.24) is 10.3 Å². The predicted octanol–water partition coefficient (Wildman–Crippen LogP) is 1.31. The molecule has 0 aromatic carbocycles. The smallest absolute Gasteiger partial charge is 0.149 e. The van der Waals surface area contributed by atoms with Gasteiger partial charge in [-0.3, -0.25) is 0 Å². The summed E-state index contributed by atoms with van der Waals surface area (Å²) < 4.78 is 4.99. The van der Waals surface area contributed by atoms with Gasteiger partial charge < -0.3 is 15.4 Å². The zero-order chi connectivity index (χ0) is 13.0. The molecular weight excluding hydrogens is 252 g/mol. The van der Waals surface area contributed by atoms with E-state index < -0.39 is 0 Å². The van der Waals surface area contributed by atoms with Gasteiger partial charge in [0.1, 0.15) is 17.0 Å². The zero-order valence-corrected chi connectivity index (χ0v) is 11.0. The highest BCUT2D eigenvalue weighted by molar-refractivity contribution is 6.30. The van der Waals surface area contributed by atoms with E-state index in [2.05, 4.69) is 21.7 Å². The Kier molecular flexibility index (Phi) is 4.37. The minimum absolute atomic E-state index is 0.276. The molecule has 6 heteroatoms. The van der Waals surface area contributed by atoms with Gasteiger partial charge in [-0.2, -0.15) is 5.26 Å². The van der Waals surface area contributed by atoms with Crippen molar-refractivity contribution in [3.05, 3.63) is 21.8 Å². The number of nitriles is 1. The summed E-state index contributed by atoms with van der Waals surface area (Å²) >= 11 is 6.05. The van der Waals surface area contributed by atoms with Crippen LogP contribution in [0.15, 0.2) is 0 Å². The first kappa shape index (κ1) is 13.1. The average molecular weight is 267 g/mol. The highest BCUT2D eigenvalue weighted by atomic mass is 35.5. The molecule has 0 saturated heterocycles. The molecule has 0 unspecified atom stereocenters. The highest BCUT2D eigenvalue weighted by Crippen LogP contribution is 2.28. The molecule has 18 heavy (non-hydrogen) atoms. The van der Waals surface area contributed by atoms with Gasteiger partial charge in [0.25, 0.3) is 0 Å². The number of ether oxygens (including phenoxy) is 1. The van der Waals surface area contributed by atoms with Gasteiger partial charge in [-0.05, 0) is 18.5 Å². The molecule has 0 amide bonds. The van der Waals surface area contributed by atoms with Crippen LogP contribution < -0.4 is 10.6 Å². The molecule has 2 N–H and O–H groups in total. The maximum atomic E-state index is 9.14. The van der Waals surface area contributed by atoms with Gasteiger partial charge in [0.15, 0.2) is 0 Å². The largest absolute Gasteiger partial charge is 0.383 e. The first-order valence-electron chi connectivity index (χ1n) is 5.82. The second kappa shape index (κ2) is 6.01. The summed E-state index contributed by atoms with van der Waals surface area (Å²) in [5.74, 6) is 0.748. The van der Waals surface area contributed by atoms with Gasteiger partial charge in [0.05, 0.1) is 12.2 Å². The molecule has 0 spiro atoms. The van der Waals surface area contributed by atoms with Crippen molar-refractivity contribution in [3.8, 4) is 6.07 Å². The van der Waals surface area contributed by atoms with Crippen LogP contribution in [0, 0.1) is 11.3 Å². The molecule has 0 fully saturated rings. The molecule has 1 aliphatic heterocycles. The first-order chi connectivity index (χ1) is 8.77. The second-order valence-corrected chi connectivity index (χ2v) is 4.40. The highest BCUT2D eigenvalue weighted by Gasteiger charge is 2.20. The SMILES string of the molecule is COCCNc1nc(Cl)c(C#N)c2c1CNCC2. The summed E-state index contributed by atoms with van der Waals surface area (Å²) in [4.78, 5) is 4.27. The summed E-state index contributed by atoms with van der Waals surface area (Å²) in [7, 11) is 1.65. The molecule has 2 rings (SSSR count). The van der Waals surface area contributed by atoms with Crippen LogP contribution >= 0.6 is 11.6 Å². The molecule has 1 aromatic rings. The Morgan fingerprint density at radius 2 is 2.39 bits per heavy atom. The van der Waals surface area contributed by atoms with Crippen molar-refractivity contribution in [1.29, 1.82) is 5.26 Å². The summed E-state index contributed by atoms with van der Waals surface area (Å²) in [6.07, 6.45) is 0.805. The molecule has 0 radical (unpaired) electrons. The minimum Gasteiger partial charge on any atom is -0.383 e. The number of hydrogen-bond acceptors (Lipinski definition) is 5. The van der Waals surface area contributed by atoms with Crippen molar-refractivity contribution in [2.75, 3.05) is 32.1 Å². The number of fused-ring (bicyclic) bond motifs is 1. The van der Waals surface area contributed by atoms with Crippen LogP contribution in [0.2, 0.25) is 5.15 Å². The number of rotatable bonds is 4. The molecular formula is C12H15ClN4O. The Labute approximate surface area is 111 Å². The molecule has 5 nitrogen and oxygen atoms in total. The second-order valence-electron chi connectivity index (χ2n) is 4.04. The predicted molar refractivity (Wildman–Crippen MR) is 69.7 cm³/mol. The van der Waals surface area contributed by atoms with Crippen LogP contribution in [-0.4, -0.2) is 31.8 Å². The van der Waals surface area contributed by atoms with E-state index in [0.717, 1.165) is 29.9 Å². The van der Waals surface area contributed by atoms with Gasteiger partial charge in [-0.1, -0.05) is 11.6 Å². The Bertz CT molecular complexity index is 484. The fourth-order valence-corrected chi connectivity index (χ4v) is 2.31.